The Bertz CT molecular complexity index is 860. The summed E-state index contributed by atoms with van der Waals surface area (Å²) in [4.78, 5) is 2.48. The van der Waals surface area contributed by atoms with Crippen LogP contribution >= 0.6 is 0 Å². The molecule has 0 saturated carbocycles. The number of hydrogen-bond donors (Lipinski definition) is 0. The summed E-state index contributed by atoms with van der Waals surface area (Å²) in [6.07, 6.45) is 3.23. The molecule has 4 rings (SSSR count). The molecular formula is C23H26N2O2. The fourth-order valence-corrected chi connectivity index (χ4v) is 3.70. The smallest absolute Gasteiger partial charge is 0.154 e. The summed E-state index contributed by atoms with van der Waals surface area (Å²) in [5, 5.41) is 4.17. The van der Waals surface area contributed by atoms with Crippen LogP contribution in [0.2, 0.25) is 0 Å². The maximum atomic E-state index is 5.98. The fourth-order valence-electron chi connectivity index (χ4n) is 3.70. The molecule has 27 heavy (non-hydrogen) atoms. The molecular weight excluding hydrogens is 336 g/mol. The number of aryl methyl sites for hydroxylation is 1. The van der Waals surface area contributed by atoms with Gasteiger partial charge < -0.3 is 9.26 Å². The van der Waals surface area contributed by atoms with Crippen molar-refractivity contribution in [3.63, 3.8) is 0 Å². The van der Waals surface area contributed by atoms with Crippen LogP contribution in [-0.4, -0.2) is 16.6 Å². The first-order valence-electron chi connectivity index (χ1n) is 9.77. The van der Waals surface area contributed by atoms with Crippen molar-refractivity contribution in [1.82, 2.24) is 10.1 Å². The van der Waals surface area contributed by atoms with Crippen molar-refractivity contribution < 1.29 is 9.26 Å². The summed E-state index contributed by atoms with van der Waals surface area (Å²) < 4.78 is 11.6. The predicted molar refractivity (Wildman–Crippen MR) is 105 cm³/mol. The zero-order valence-corrected chi connectivity index (χ0v) is 15.8. The van der Waals surface area contributed by atoms with Gasteiger partial charge in [0.1, 0.15) is 12.4 Å². The molecule has 1 aromatic heterocycles. The molecule has 1 aliphatic heterocycles. The van der Waals surface area contributed by atoms with Crippen LogP contribution < -0.4 is 4.74 Å². The van der Waals surface area contributed by atoms with E-state index in [0.717, 1.165) is 43.1 Å². The van der Waals surface area contributed by atoms with Crippen LogP contribution in [0, 0.1) is 0 Å². The number of aromatic nitrogens is 1. The number of hydrogen-bond acceptors (Lipinski definition) is 4. The van der Waals surface area contributed by atoms with E-state index >= 15 is 0 Å². The molecule has 0 radical (unpaired) electrons. The van der Waals surface area contributed by atoms with Gasteiger partial charge in [0.05, 0.1) is 11.7 Å². The van der Waals surface area contributed by atoms with E-state index in [1.807, 2.05) is 24.3 Å². The van der Waals surface area contributed by atoms with Gasteiger partial charge in [-0.25, -0.2) is 0 Å². The standard InChI is InChI=1S/C23H26N2O2/c1-2-20-15-23(27-24-20)22-12-7-13-25(22)16-19-10-6-11-21(14-19)26-17-18-8-4-3-5-9-18/h3-6,8-11,14-15,22H,2,7,12-13,16-17H2,1H3/t22-/m1/s1. The van der Waals surface area contributed by atoms with E-state index in [9.17, 15) is 0 Å². The second-order valence-electron chi connectivity index (χ2n) is 7.12. The zero-order valence-electron chi connectivity index (χ0n) is 15.8. The van der Waals surface area contributed by atoms with E-state index < -0.39 is 0 Å². The topological polar surface area (TPSA) is 38.5 Å². The SMILES string of the molecule is CCc1cc([C@H]2CCCN2Cc2cccc(OCc3ccccc3)c2)on1. The largest absolute Gasteiger partial charge is 0.489 e. The van der Waals surface area contributed by atoms with Crippen LogP contribution in [-0.2, 0) is 19.6 Å². The molecule has 140 valence electrons. The van der Waals surface area contributed by atoms with E-state index in [1.54, 1.807) is 0 Å². The van der Waals surface area contributed by atoms with Gasteiger partial charge in [-0.3, -0.25) is 4.90 Å². The Balaban J connectivity index is 1.41. The molecule has 0 amide bonds. The molecule has 3 aromatic rings. The highest BCUT2D eigenvalue weighted by atomic mass is 16.5. The molecule has 4 nitrogen and oxygen atoms in total. The van der Waals surface area contributed by atoms with E-state index in [2.05, 4.69) is 53.4 Å². The van der Waals surface area contributed by atoms with E-state index in [-0.39, 0.29) is 0 Å². The Hall–Kier alpha value is -2.59. The van der Waals surface area contributed by atoms with Crippen LogP contribution in [0.25, 0.3) is 0 Å². The minimum Gasteiger partial charge on any atom is -0.489 e. The minimum absolute atomic E-state index is 0.326. The molecule has 2 aromatic carbocycles. The highest BCUT2D eigenvalue weighted by Gasteiger charge is 2.29. The molecule has 1 saturated heterocycles. The van der Waals surface area contributed by atoms with Crippen molar-refractivity contribution in [3.8, 4) is 5.75 Å². The third kappa shape index (κ3) is 4.40. The number of likely N-dealkylation sites (tertiary alicyclic amines) is 1. The lowest BCUT2D eigenvalue weighted by atomic mass is 10.1. The summed E-state index contributed by atoms with van der Waals surface area (Å²) in [7, 11) is 0. The molecule has 4 heteroatoms. The lowest BCUT2D eigenvalue weighted by molar-refractivity contribution is 0.206. The summed E-state index contributed by atoms with van der Waals surface area (Å²) in [5.74, 6) is 1.92. The molecule has 1 fully saturated rings. The van der Waals surface area contributed by atoms with Gasteiger partial charge in [-0.1, -0.05) is 54.5 Å². The van der Waals surface area contributed by atoms with Gasteiger partial charge in [0.15, 0.2) is 5.76 Å². The predicted octanol–water partition coefficient (Wildman–Crippen LogP) is 5.15. The van der Waals surface area contributed by atoms with E-state index in [0.29, 0.717) is 12.6 Å². The Labute approximate surface area is 160 Å². The summed E-state index contributed by atoms with van der Waals surface area (Å²) in [6, 6.07) is 21.1. The summed E-state index contributed by atoms with van der Waals surface area (Å²) in [5.41, 5.74) is 3.48. The van der Waals surface area contributed by atoms with Gasteiger partial charge in [-0.15, -0.1) is 0 Å². The van der Waals surface area contributed by atoms with Gasteiger partial charge in [0, 0.05) is 12.6 Å². The number of rotatable bonds is 7. The Morgan fingerprint density at radius 1 is 1.07 bits per heavy atom. The first kappa shape index (κ1) is 17.8. The van der Waals surface area contributed by atoms with Crippen molar-refractivity contribution in [2.24, 2.45) is 0 Å². The van der Waals surface area contributed by atoms with Crippen LogP contribution in [0.3, 0.4) is 0 Å². The molecule has 0 bridgehead atoms. The Morgan fingerprint density at radius 3 is 2.74 bits per heavy atom. The van der Waals surface area contributed by atoms with E-state index in [1.165, 1.54) is 17.5 Å². The zero-order chi connectivity index (χ0) is 18.5. The molecule has 0 spiro atoms. The molecule has 1 aliphatic rings. The van der Waals surface area contributed by atoms with Crippen LogP contribution in [0.15, 0.2) is 65.2 Å². The van der Waals surface area contributed by atoms with Gasteiger partial charge in [0.2, 0.25) is 0 Å². The van der Waals surface area contributed by atoms with Crippen molar-refractivity contribution in [2.45, 2.75) is 45.4 Å². The van der Waals surface area contributed by atoms with Gasteiger partial charge in [-0.2, -0.15) is 0 Å². The quantitative estimate of drug-likeness (QED) is 0.582. The normalized spacial score (nSPS) is 17.3. The first-order chi connectivity index (χ1) is 13.3. The second-order valence-corrected chi connectivity index (χ2v) is 7.12. The average Bonchev–Trinajstić information content (AvgIpc) is 3.36. The minimum atomic E-state index is 0.326. The van der Waals surface area contributed by atoms with Crippen LogP contribution in [0.1, 0.15) is 48.4 Å². The molecule has 0 unspecified atom stereocenters. The Morgan fingerprint density at radius 2 is 1.93 bits per heavy atom. The van der Waals surface area contributed by atoms with Gasteiger partial charge in [0.25, 0.3) is 0 Å². The van der Waals surface area contributed by atoms with Crippen molar-refractivity contribution in [1.29, 1.82) is 0 Å². The van der Waals surface area contributed by atoms with Crippen molar-refractivity contribution in [3.05, 3.63) is 83.2 Å². The molecule has 1 atom stereocenters. The maximum absolute atomic E-state index is 5.98. The lowest BCUT2D eigenvalue weighted by Gasteiger charge is -2.22. The summed E-state index contributed by atoms with van der Waals surface area (Å²) in [6.45, 7) is 4.68. The highest BCUT2D eigenvalue weighted by molar-refractivity contribution is 5.29. The average molecular weight is 362 g/mol. The number of benzene rings is 2. The highest BCUT2D eigenvalue weighted by Crippen LogP contribution is 2.34. The number of nitrogens with zero attached hydrogens (tertiary/aromatic N) is 2. The van der Waals surface area contributed by atoms with Crippen LogP contribution in [0.4, 0.5) is 0 Å². The lowest BCUT2D eigenvalue weighted by Crippen LogP contribution is -2.22. The maximum Gasteiger partial charge on any atom is 0.154 e. The fraction of sp³-hybridized carbons (Fsp3) is 0.348. The molecule has 2 heterocycles. The molecule has 0 N–H and O–H groups in total. The summed E-state index contributed by atoms with van der Waals surface area (Å²) >= 11 is 0. The van der Waals surface area contributed by atoms with Crippen molar-refractivity contribution >= 4 is 0 Å². The van der Waals surface area contributed by atoms with E-state index in [4.69, 9.17) is 9.26 Å². The monoisotopic (exact) mass is 362 g/mol. The number of ether oxygens (including phenoxy) is 1. The Kier molecular flexibility index (Phi) is 5.54. The third-order valence-electron chi connectivity index (χ3n) is 5.16. The second kappa shape index (κ2) is 8.40. The van der Waals surface area contributed by atoms with Gasteiger partial charge >= 0.3 is 0 Å². The molecule has 0 aliphatic carbocycles. The van der Waals surface area contributed by atoms with Crippen molar-refractivity contribution in [2.75, 3.05) is 6.54 Å². The van der Waals surface area contributed by atoms with Gasteiger partial charge in [-0.05, 0) is 49.1 Å². The first-order valence-corrected chi connectivity index (χ1v) is 9.77. The third-order valence-corrected chi connectivity index (χ3v) is 5.16. The van der Waals surface area contributed by atoms with Crippen LogP contribution in [0.5, 0.6) is 5.75 Å².